The van der Waals surface area contributed by atoms with Crippen molar-refractivity contribution in [2.24, 2.45) is 0 Å². The molecule has 1 aromatic carbocycles. The average Bonchev–Trinajstić information content (AvgIpc) is 3.20. The highest BCUT2D eigenvalue weighted by Gasteiger charge is 2.30. The molecule has 2 aliphatic rings. The van der Waals surface area contributed by atoms with Crippen LogP contribution in [0, 0.1) is 5.82 Å². The highest BCUT2D eigenvalue weighted by Crippen LogP contribution is 2.28. The number of nitrogens with zero attached hydrogens (tertiary/aromatic N) is 1. The number of nitrogens with one attached hydrogen (secondary N) is 1. The van der Waals surface area contributed by atoms with Crippen molar-refractivity contribution >= 4 is 15.5 Å². The summed E-state index contributed by atoms with van der Waals surface area (Å²) in [7, 11) is -2.96. The Labute approximate surface area is 125 Å². The number of hydrogen-bond acceptors (Lipinski definition) is 4. The van der Waals surface area contributed by atoms with Crippen molar-refractivity contribution in [1.29, 1.82) is 0 Å². The molecule has 0 aromatic heterocycles. The van der Waals surface area contributed by atoms with Gasteiger partial charge in [0.2, 0.25) is 0 Å². The fourth-order valence-electron chi connectivity index (χ4n) is 2.88. The number of sulfone groups is 1. The fourth-order valence-corrected chi connectivity index (χ4v) is 4.44. The lowest BCUT2D eigenvalue weighted by atomic mass is 10.1. The third-order valence-electron chi connectivity index (χ3n) is 4.22. The van der Waals surface area contributed by atoms with Gasteiger partial charge in [0.1, 0.15) is 5.82 Å². The first-order chi connectivity index (χ1) is 9.96. The van der Waals surface area contributed by atoms with Gasteiger partial charge in [-0.3, -0.25) is 0 Å². The summed E-state index contributed by atoms with van der Waals surface area (Å²) < 4.78 is 37.6. The molecule has 1 aliphatic heterocycles. The van der Waals surface area contributed by atoms with Crippen LogP contribution in [0.2, 0.25) is 0 Å². The first kappa shape index (κ1) is 14.8. The highest BCUT2D eigenvalue weighted by molar-refractivity contribution is 7.91. The van der Waals surface area contributed by atoms with Crippen LogP contribution in [0.1, 0.15) is 25.3 Å². The first-order valence-corrected chi connectivity index (χ1v) is 9.26. The molecule has 0 bridgehead atoms. The zero-order valence-corrected chi connectivity index (χ0v) is 13.0. The monoisotopic (exact) mass is 312 g/mol. The quantitative estimate of drug-likeness (QED) is 0.919. The van der Waals surface area contributed by atoms with Crippen LogP contribution >= 0.6 is 0 Å². The molecular formula is C15H21FN2O2S. The van der Waals surface area contributed by atoms with E-state index in [0.717, 1.165) is 18.5 Å². The third kappa shape index (κ3) is 3.37. The Balaban J connectivity index is 1.85. The standard InChI is InChI=1S/C15H21FN2O2S/c1-11-10-21(19,20)8-7-18(11)15-4-2-3-14(16)13(15)9-17-12-5-6-12/h2-4,11-12,17H,5-10H2,1H3. The van der Waals surface area contributed by atoms with Gasteiger partial charge in [-0.15, -0.1) is 0 Å². The SMILES string of the molecule is CC1CS(=O)(=O)CCN1c1cccc(F)c1CNC1CC1. The minimum Gasteiger partial charge on any atom is -0.366 e. The van der Waals surface area contributed by atoms with Crippen LogP contribution in [-0.2, 0) is 16.4 Å². The second kappa shape index (κ2) is 5.57. The van der Waals surface area contributed by atoms with Gasteiger partial charge in [-0.25, -0.2) is 12.8 Å². The number of anilines is 1. The van der Waals surface area contributed by atoms with Crippen molar-refractivity contribution in [1.82, 2.24) is 5.32 Å². The van der Waals surface area contributed by atoms with E-state index in [1.165, 1.54) is 6.07 Å². The minimum absolute atomic E-state index is 0.120. The normalized spacial score (nSPS) is 25.0. The maximum absolute atomic E-state index is 14.2. The zero-order chi connectivity index (χ0) is 15.0. The van der Waals surface area contributed by atoms with Crippen molar-refractivity contribution in [2.75, 3.05) is 23.0 Å². The Morgan fingerprint density at radius 3 is 2.81 bits per heavy atom. The first-order valence-electron chi connectivity index (χ1n) is 7.44. The van der Waals surface area contributed by atoms with Crippen LogP contribution in [-0.4, -0.2) is 38.6 Å². The van der Waals surface area contributed by atoms with Crippen molar-refractivity contribution in [2.45, 2.75) is 38.4 Å². The summed E-state index contributed by atoms with van der Waals surface area (Å²) in [6.07, 6.45) is 2.31. The van der Waals surface area contributed by atoms with Crippen LogP contribution in [0.5, 0.6) is 0 Å². The summed E-state index contributed by atoms with van der Waals surface area (Å²) in [6, 6.07) is 5.45. The topological polar surface area (TPSA) is 49.4 Å². The molecule has 6 heteroatoms. The lowest BCUT2D eigenvalue weighted by Gasteiger charge is -2.36. The summed E-state index contributed by atoms with van der Waals surface area (Å²) in [5.41, 5.74) is 1.47. The Morgan fingerprint density at radius 1 is 1.38 bits per heavy atom. The van der Waals surface area contributed by atoms with Crippen molar-refractivity contribution in [3.05, 3.63) is 29.6 Å². The Kier molecular flexibility index (Phi) is 3.92. The molecule has 116 valence electrons. The lowest BCUT2D eigenvalue weighted by molar-refractivity contribution is 0.561. The van der Waals surface area contributed by atoms with Crippen LogP contribution < -0.4 is 10.2 Å². The molecule has 1 saturated carbocycles. The number of hydrogen-bond donors (Lipinski definition) is 1. The van der Waals surface area contributed by atoms with Crippen molar-refractivity contribution < 1.29 is 12.8 Å². The van der Waals surface area contributed by atoms with Gasteiger partial charge in [-0.1, -0.05) is 6.07 Å². The molecule has 21 heavy (non-hydrogen) atoms. The molecule has 3 rings (SSSR count). The van der Waals surface area contributed by atoms with E-state index in [1.54, 1.807) is 6.07 Å². The van der Waals surface area contributed by atoms with E-state index < -0.39 is 9.84 Å². The zero-order valence-electron chi connectivity index (χ0n) is 12.2. The molecule has 1 saturated heterocycles. The second-order valence-corrected chi connectivity index (χ2v) is 8.28. The number of rotatable bonds is 4. The molecule has 1 unspecified atom stereocenters. The van der Waals surface area contributed by atoms with Gasteiger partial charge in [0, 0.05) is 36.4 Å². The predicted molar refractivity (Wildman–Crippen MR) is 81.7 cm³/mol. The van der Waals surface area contributed by atoms with Crippen LogP contribution in [0.3, 0.4) is 0 Å². The van der Waals surface area contributed by atoms with Gasteiger partial charge < -0.3 is 10.2 Å². The van der Waals surface area contributed by atoms with E-state index in [0.29, 0.717) is 24.7 Å². The molecule has 1 N–H and O–H groups in total. The molecule has 1 atom stereocenters. The van der Waals surface area contributed by atoms with Crippen molar-refractivity contribution in [3.8, 4) is 0 Å². The Bertz CT molecular complexity index is 629. The smallest absolute Gasteiger partial charge is 0.154 e. The van der Waals surface area contributed by atoms with E-state index in [-0.39, 0.29) is 23.4 Å². The summed E-state index contributed by atoms with van der Waals surface area (Å²) in [5, 5.41) is 3.34. The minimum atomic E-state index is -2.96. The summed E-state index contributed by atoms with van der Waals surface area (Å²) in [4.78, 5) is 2.02. The Morgan fingerprint density at radius 2 is 2.14 bits per heavy atom. The number of benzene rings is 1. The van der Waals surface area contributed by atoms with Gasteiger partial charge in [0.15, 0.2) is 9.84 Å². The van der Waals surface area contributed by atoms with Gasteiger partial charge in [0.05, 0.1) is 11.5 Å². The molecule has 2 fully saturated rings. The van der Waals surface area contributed by atoms with E-state index >= 15 is 0 Å². The largest absolute Gasteiger partial charge is 0.366 e. The molecule has 4 nitrogen and oxygen atoms in total. The average molecular weight is 312 g/mol. The van der Waals surface area contributed by atoms with Gasteiger partial charge in [-0.2, -0.15) is 0 Å². The fraction of sp³-hybridized carbons (Fsp3) is 0.600. The molecule has 0 spiro atoms. The molecule has 1 aliphatic carbocycles. The summed E-state index contributed by atoms with van der Waals surface area (Å²) in [5.74, 6) is 0.0591. The Hall–Kier alpha value is -1.14. The number of halogens is 1. The van der Waals surface area contributed by atoms with Crippen LogP contribution in [0.4, 0.5) is 10.1 Å². The predicted octanol–water partition coefficient (Wildman–Crippen LogP) is 1.70. The van der Waals surface area contributed by atoms with E-state index in [1.807, 2.05) is 17.9 Å². The maximum atomic E-state index is 14.2. The molecular weight excluding hydrogens is 291 g/mol. The molecule has 0 radical (unpaired) electrons. The van der Waals surface area contributed by atoms with E-state index in [4.69, 9.17) is 0 Å². The molecule has 1 aromatic rings. The van der Waals surface area contributed by atoms with E-state index in [2.05, 4.69) is 5.32 Å². The molecule has 0 amide bonds. The van der Waals surface area contributed by atoms with Gasteiger partial charge >= 0.3 is 0 Å². The van der Waals surface area contributed by atoms with Crippen LogP contribution in [0.25, 0.3) is 0 Å². The summed E-state index contributed by atoms with van der Waals surface area (Å²) in [6.45, 7) is 2.83. The summed E-state index contributed by atoms with van der Waals surface area (Å²) >= 11 is 0. The lowest BCUT2D eigenvalue weighted by Crippen LogP contribution is -2.47. The van der Waals surface area contributed by atoms with Crippen molar-refractivity contribution in [3.63, 3.8) is 0 Å². The van der Waals surface area contributed by atoms with Gasteiger partial charge in [-0.05, 0) is 31.9 Å². The third-order valence-corrected chi connectivity index (χ3v) is 6.01. The van der Waals surface area contributed by atoms with Gasteiger partial charge in [0.25, 0.3) is 0 Å². The second-order valence-electron chi connectivity index (χ2n) is 6.05. The maximum Gasteiger partial charge on any atom is 0.154 e. The van der Waals surface area contributed by atoms with E-state index in [9.17, 15) is 12.8 Å². The highest BCUT2D eigenvalue weighted by atomic mass is 32.2. The molecule has 1 heterocycles. The van der Waals surface area contributed by atoms with Crippen LogP contribution in [0.15, 0.2) is 18.2 Å².